The van der Waals surface area contributed by atoms with E-state index in [9.17, 15) is 26.5 Å². The third-order valence-corrected chi connectivity index (χ3v) is 6.55. The first kappa shape index (κ1) is 17.8. The Morgan fingerprint density at radius 2 is 1.67 bits per heavy atom. The van der Waals surface area contributed by atoms with E-state index in [2.05, 4.69) is 5.32 Å². The van der Waals surface area contributed by atoms with Gasteiger partial charge in [-0.2, -0.15) is 8.78 Å². The fourth-order valence-electron chi connectivity index (χ4n) is 5.08. The number of rotatable bonds is 6. The van der Waals surface area contributed by atoms with Crippen LogP contribution in [0, 0.1) is 17.8 Å². The normalized spacial score (nSPS) is 35.0. The van der Waals surface area contributed by atoms with Crippen LogP contribution in [-0.2, 0) is 14.9 Å². The summed E-state index contributed by atoms with van der Waals surface area (Å²) in [7, 11) is -5.68. The number of ether oxygens (including phenoxy) is 1. The van der Waals surface area contributed by atoms with Crippen molar-refractivity contribution in [2.24, 2.45) is 17.8 Å². The fourth-order valence-corrected chi connectivity index (χ4v) is 5.48. The highest BCUT2D eigenvalue weighted by Gasteiger charge is 2.51. The molecular formula is C15H22F2NO5S-. The van der Waals surface area contributed by atoms with Crippen molar-refractivity contribution in [3.63, 3.8) is 0 Å². The molecule has 0 aliphatic heterocycles. The molecule has 9 heteroatoms. The fraction of sp³-hybridized carbons (Fsp3) is 0.933. The largest absolute Gasteiger partial charge is 0.743 e. The second kappa shape index (κ2) is 6.09. The Kier molecular flexibility index (Phi) is 4.53. The first-order valence-corrected chi connectivity index (χ1v) is 9.78. The molecule has 24 heavy (non-hydrogen) atoms. The Morgan fingerprint density at radius 3 is 2.12 bits per heavy atom. The van der Waals surface area contributed by atoms with Crippen molar-refractivity contribution >= 4 is 16.2 Å². The molecule has 4 fully saturated rings. The van der Waals surface area contributed by atoms with E-state index < -0.39 is 27.9 Å². The minimum atomic E-state index is -5.68. The van der Waals surface area contributed by atoms with Crippen LogP contribution in [0.5, 0.6) is 0 Å². The average molecular weight is 366 g/mol. The van der Waals surface area contributed by atoms with Crippen LogP contribution in [0.4, 0.5) is 13.6 Å². The number of carbonyl (C=O) groups is 1. The minimum Gasteiger partial charge on any atom is -0.743 e. The van der Waals surface area contributed by atoms with Gasteiger partial charge in [0.1, 0.15) is 0 Å². The summed E-state index contributed by atoms with van der Waals surface area (Å²) in [6.45, 7) is -0.344. The van der Waals surface area contributed by atoms with Crippen LogP contribution in [0.3, 0.4) is 0 Å². The van der Waals surface area contributed by atoms with Gasteiger partial charge in [-0.3, -0.25) is 0 Å². The van der Waals surface area contributed by atoms with Crippen LogP contribution in [-0.4, -0.2) is 36.5 Å². The molecule has 0 radical (unpaired) electrons. The smallest absolute Gasteiger partial charge is 0.407 e. The van der Waals surface area contributed by atoms with Crippen LogP contribution >= 0.6 is 0 Å². The van der Waals surface area contributed by atoms with Crippen LogP contribution in [0.15, 0.2) is 0 Å². The zero-order valence-corrected chi connectivity index (χ0v) is 14.1. The molecule has 138 valence electrons. The lowest BCUT2D eigenvalue weighted by Crippen LogP contribution is -2.59. The van der Waals surface area contributed by atoms with Gasteiger partial charge in [0.15, 0.2) is 10.1 Å². The van der Waals surface area contributed by atoms with E-state index in [1.54, 1.807) is 0 Å². The van der Waals surface area contributed by atoms with Gasteiger partial charge in [0.25, 0.3) is 0 Å². The maximum atomic E-state index is 13.0. The Labute approximate surface area is 140 Å². The van der Waals surface area contributed by atoms with Crippen molar-refractivity contribution in [3.05, 3.63) is 0 Å². The number of halogens is 2. The number of amides is 1. The molecule has 0 aromatic carbocycles. The van der Waals surface area contributed by atoms with Crippen LogP contribution in [0.25, 0.3) is 0 Å². The van der Waals surface area contributed by atoms with E-state index in [1.165, 1.54) is 19.3 Å². The van der Waals surface area contributed by atoms with Gasteiger partial charge in [-0.15, -0.1) is 0 Å². The van der Waals surface area contributed by atoms with Gasteiger partial charge in [-0.05, 0) is 62.7 Å². The number of carbonyl (C=O) groups excluding carboxylic acids is 1. The molecule has 0 saturated heterocycles. The lowest BCUT2D eigenvalue weighted by Gasteiger charge is -2.56. The number of alkyl carbamates (subject to hydrolysis) is 1. The minimum absolute atomic E-state index is 0.228. The topological polar surface area (TPSA) is 95.5 Å². The molecule has 0 heterocycles. The summed E-state index contributed by atoms with van der Waals surface area (Å²) >= 11 is 0. The molecule has 0 aromatic rings. The van der Waals surface area contributed by atoms with E-state index in [-0.39, 0.29) is 18.6 Å². The zero-order valence-electron chi connectivity index (χ0n) is 13.3. The summed E-state index contributed by atoms with van der Waals surface area (Å²) in [5, 5.41) is -1.40. The highest BCUT2D eigenvalue weighted by atomic mass is 32.2. The van der Waals surface area contributed by atoms with Crippen molar-refractivity contribution in [3.8, 4) is 0 Å². The van der Waals surface area contributed by atoms with E-state index in [4.69, 9.17) is 4.74 Å². The molecule has 4 aliphatic rings. The summed E-state index contributed by atoms with van der Waals surface area (Å²) < 4.78 is 62.0. The number of nitrogens with one attached hydrogen (secondary N) is 1. The summed E-state index contributed by atoms with van der Waals surface area (Å²) in [5.74, 6) is 1.95. The highest BCUT2D eigenvalue weighted by Crippen LogP contribution is 2.55. The number of hydrogen-bond acceptors (Lipinski definition) is 5. The first-order valence-electron chi connectivity index (χ1n) is 8.37. The molecule has 4 rings (SSSR count). The van der Waals surface area contributed by atoms with Gasteiger partial charge in [0.05, 0.1) is 6.61 Å². The van der Waals surface area contributed by atoms with Gasteiger partial charge in [-0.1, -0.05) is 0 Å². The van der Waals surface area contributed by atoms with Crippen LogP contribution in [0.2, 0.25) is 0 Å². The number of hydrogen-bond donors (Lipinski definition) is 1. The second-order valence-electron chi connectivity index (χ2n) is 7.65. The molecule has 0 aromatic heterocycles. The zero-order chi connectivity index (χ0) is 17.6. The summed E-state index contributed by atoms with van der Waals surface area (Å²) in [4.78, 5) is 11.9. The number of alkyl halides is 2. The lowest BCUT2D eigenvalue weighted by atomic mass is 9.53. The third-order valence-electron chi connectivity index (χ3n) is 5.62. The average Bonchev–Trinajstić information content (AvgIpc) is 2.40. The second-order valence-corrected chi connectivity index (χ2v) is 9.16. The molecule has 4 aliphatic carbocycles. The Bertz CT molecular complexity index is 572. The van der Waals surface area contributed by atoms with E-state index in [0.717, 1.165) is 19.3 Å². The van der Waals surface area contributed by atoms with Gasteiger partial charge in [0.2, 0.25) is 0 Å². The van der Waals surface area contributed by atoms with Gasteiger partial charge >= 0.3 is 11.3 Å². The Balaban J connectivity index is 1.44. The molecule has 0 unspecified atom stereocenters. The lowest BCUT2D eigenvalue weighted by molar-refractivity contribution is -0.0195. The Hall–Kier alpha value is -0.960. The van der Waals surface area contributed by atoms with Gasteiger partial charge in [-0.25, -0.2) is 13.2 Å². The summed E-state index contributed by atoms with van der Waals surface area (Å²) in [5.41, 5.74) is -0.228. The predicted molar refractivity (Wildman–Crippen MR) is 79.3 cm³/mol. The molecule has 1 amide bonds. The highest BCUT2D eigenvalue weighted by molar-refractivity contribution is 7.86. The van der Waals surface area contributed by atoms with Gasteiger partial charge in [0, 0.05) is 12.0 Å². The third kappa shape index (κ3) is 3.66. The molecule has 4 bridgehead atoms. The van der Waals surface area contributed by atoms with E-state index in [1.807, 2.05) is 0 Å². The quantitative estimate of drug-likeness (QED) is 0.576. The van der Waals surface area contributed by atoms with Crippen molar-refractivity contribution < 1.29 is 31.3 Å². The van der Waals surface area contributed by atoms with Crippen molar-refractivity contribution in [2.45, 2.75) is 62.2 Å². The predicted octanol–water partition coefficient (Wildman–Crippen LogP) is 2.60. The molecule has 0 atom stereocenters. The summed E-state index contributed by atoms with van der Waals surface area (Å²) in [6, 6.07) is 0. The molecule has 0 spiro atoms. The van der Waals surface area contributed by atoms with E-state index in [0.29, 0.717) is 17.8 Å². The van der Waals surface area contributed by atoms with Crippen LogP contribution in [0.1, 0.15) is 51.4 Å². The Morgan fingerprint density at radius 1 is 1.17 bits per heavy atom. The van der Waals surface area contributed by atoms with Crippen LogP contribution < -0.4 is 5.32 Å². The van der Waals surface area contributed by atoms with Gasteiger partial charge < -0.3 is 14.6 Å². The van der Waals surface area contributed by atoms with Crippen molar-refractivity contribution in [2.75, 3.05) is 6.61 Å². The molecule has 6 nitrogen and oxygen atoms in total. The monoisotopic (exact) mass is 366 g/mol. The molecule has 4 saturated carbocycles. The maximum Gasteiger partial charge on any atom is 0.407 e. The maximum absolute atomic E-state index is 13.0. The van der Waals surface area contributed by atoms with Crippen molar-refractivity contribution in [1.82, 2.24) is 5.32 Å². The van der Waals surface area contributed by atoms with E-state index >= 15 is 0 Å². The summed E-state index contributed by atoms with van der Waals surface area (Å²) in [6.07, 6.45) is 4.34. The SMILES string of the molecule is O=C(NC12CC3CC(CC(C3)C1)C2)OCCCC(F)(F)S(=O)(=O)[O-]. The standard InChI is InChI=1S/C15H23F2NO5S/c16-15(17,24(20,21)22)2-1-3-23-13(19)18-14-7-10-4-11(8-14)6-12(5-10)9-14/h10-12H,1-9H2,(H,18,19)(H,20,21,22)/p-1. The van der Waals surface area contributed by atoms with Crippen molar-refractivity contribution in [1.29, 1.82) is 0 Å². The first-order chi connectivity index (χ1) is 11.1. The molecular weight excluding hydrogens is 344 g/mol. The molecule has 1 N–H and O–H groups in total.